The number of anilines is 1. The predicted molar refractivity (Wildman–Crippen MR) is 260 cm³/mol. The van der Waals surface area contributed by atoms with E-state index in [2.05, 4.69) is 39.8 Å². The minimum Gasteiger partial charge on any atom is -0.504 e. The molecule has 2 heterocycles. The summed E-state index contributed by atoms with van der Waals surface area (Å²) in [5, 5.41) is 45.2. The first-order valence-corrected chi connectivity index (χ1v) is 24.3. The Morgan fingerprint density at radius 2 is 1.73 bits per heavy atom. The number of aromatic nitrogens is 2. The molecule has 4 aromatic rings. The first-order valence-electron chi connectivity index (χ1n) is 22.7. The van der Waals surface area contributed by atoms with Crippen LogP contribution in [0.3, 0.4) is 0 Å². The molecule has 0 spiro atoms. The lowest BCUT2D eigenvalue weighted by Gasteiger charge is -2.33. The van der Waals surface area contributed by atoms with E-state index in [-0.39, 0.29) is 82.6 Å². The molecule has 5 atom stereocenters. The van der Waals surface area contributed by atoms with E-state index in [0.29, 0.717) is 17.5 Å². The van der Waals surface area contributed by atoms with Gasteiger partial charge in [0.2, 0.25) is 17.7 Å². The van der Waals surface area contributed by atoms with E-state index in [0.717, 1.165) is 30.4 Å². The second kappa shape index (κ2) is 22.0. The van der Waals surface area contributed by atoms with E-state index in [9.17, 15) is 47.7 Å². The number of benzene rings is 3. The Bertz CT molecular complexity index is 2800. The number of nitrogens with zero attached hydrogens (tertiary/aromatic N) is 3. The third-order valence-corrected chi connectivity index (χ3v) is 13.0. The van der Waals surface area contributed by atoms with Crippen LogP contribution in [0, 0.1) is 6.92 Å². The highest BCUT2D eigenvalue weighted by Gasteiger charge is 2.38. The number of hydrogen-bond donors (Lipinski definition) is 11. The van der Waals surface area contributed by atoms with Gasteiger partial charge in [0.15, 0.2) is 17.3 Å². The molecule has 6 rings (SSSR count). The predicted octanol–water partition coefficient (Wildman–Crippen LogP) is -0.222. The van der Waals surface area contributed by atoms with Gasteiger partial charge in [-0.25, -0.2) is 19.9 Å². The number of fused-ring (bicyclic) bond motifs is 6. The maximum Gasteiger partial charge on any atom is 0.326 e. The second-order valence-electron chi connectivity index (χ2n) is 18.2. The smallest absolute Gasteiger partial charge is 0.326 e. The van der Waals surface area contributed by atoms with Gasteiger partial charge in [-0.05, 0) is 97.7 Å². The molecule has 4 amide bonds. The topological polar surface area (TPSA) is 380 Å². The van der Waals surface area contributed by atoms with Crippen LogP contribution in [0.15, 0.2) is 48.5 Å². The van der Waals surface area contributed by atoms with Gasteiger partial charge in [0.25, 0.3) is 16.1 Å². The molecule has 1 aromatic heterocycles. The summed E-state index contributed by atoms with van der Waals surface area (Å²) in [5.41, 5.74) is 21.1. The minimum absolute atomic E-state index is 0.000276. The van der Waals surface area contributed by atoms with Gasteiger partial charge in [0.05, 0.1) is 12.3 Å². The number of amides is 4. The van der Waals surface area contributed by atoms with Crippen LogP contribution in [0.1, 0.15) is 78.0 Å². The fourth-order valence-electron chi connectivity index (χ4n) is 8.49. The Hall–Kier alpha value is -6.96. The maximum absolute atomic E-state index is 14.9. The molecule has 2 aliphatic rings. The number of phenolic OH excluding ortho intramolecular Hbond substituents is 1. The van der Waals surface area contributed by atoms with E-state index < -0.39 is 89.0 Å². The zero-order valence-electron chi connectivity index (χ0n) is 39.9. The minimum atomic E-state index is -4.52. The van der Waals surface area contributed by atoms with Crippen molar-refractivity contribution in [2.75, 3.05) is 45.6 Å². The van der Waals surface area contributed by atoms with Gasteiger partial charge < -0.3 is 62.8 Å². The number of likely N-dealkylation sites (N-methyl/N-ethyl adjacent to an activating group) is 1. The lowest BCUT2D eigenvalue weighted by atomic mass is 9.86. The number of ether oxygens (including phenoxy) is 2. The summed E-state index contributed by atoms with van der Waals surface area (Å²) in [6, 6.07) is 6.39. The average molecular weight is 1000 g/mol. The van der Waals surface area contributed by atoms with Gasteiger partial charge in [-0.2, -0.15) is 13.1 Å². The van der Waals surface area contributed by atoms with Crippen LogP contribution in [-0.4, -0.2) is 132 Å². The van der Waals surface area contributed by atoms with Crippen molar-refractivity contribution >= 4 is 45.6 Å². The summed E-state index contributed by atoms with van der Waals surface area (Å²) in [6.07, 6.45) is 0.751. The molecule has 4 bridgehead atoms. The summed E-state index contributed by atoms with van der Waals surface area (Å²) < 4.78 is 38.5. The number of carbonyl (C=O) groups excluding carboxylic acids is 4. The van der Waals surface area contributed by atoms with Gasteiger partial charge in [0.1, 0.15) is 54.0 Å². The third kappa shape index (κ3) is 12.5. The van der Waals surface area contributed by atoms with Crippen LogP contribution in [0.4, 0.5) is 5.82 Å². The lowest BCUT2D eigenvalue weighted by molar-refractivity contribution is -0.143. The van der Waals surface area contributed by atoms with Crippen LogP contribution in [0.25, 0.3) is 22.5 Å². The zero-order chi connectivity index (χ0) is 52.1. The van der Waals surface area contributed by atoms with E-state index in [1.807, 2.05) is 22.9 Å². The maximum atomic E-state index is 14.9. The number of aryl methyl sites for hydroxylation is 2. The molecular formula is C47H61N11O12S. The van der Waals surface area contributed by atoms with Crippen LogP contribution in [-0.2, 0) is 47.6 Å². The van der Waals surface area contributed by atoms with Crippen molar-refractivity contribution in [3.63, 3.8) is 0 Å². The van der Waals surface area contributed by atoms with Crippen molar-refractivity contribution in [1.82, 2.24) is 35.5 Å². The van der Waals surface area contributed by atoms with E-state index >= 15 is 0 Å². The summed E-state index contributed by atoms with van der Waals surface area (Å²) >= 11 is 0. The molecule has 1 aliphatic carbocycles. The molecule has 0 fully saturated rings. The van der Waals surface area contributed by atoms with Crippen molar-refractivity contribution in [1.29, 1.82) is 0 Å². The Morgan fingerprint density at radius 3 is 2.39 bits per heavy atom. The second-order valence-corrected chi connectivity index (χ2v) is 19.6. The molecule has 0 unspecified atom stereocenters. The number of carboxylic acids is 1. The lowest BCUT2D eigenvalue weighted by Crippen LogP contribution is -2.57. The monoisotopic (exact) mass is 1000 g/mol. The molecule has 23 nitrogen and oxygen atoms in total. The van der Waals surface area contributed by atoms with E-state index in [4.69, 9.17) is 31.8 Å². The van der Waals surface area contributed by atoms with Crippen LogP contribution in [0.2, 0.25) is 0 Å². The molecule has 0 saturated heterocycles. The molecule has 1 aliphatic heterocycles. The van der Waals surface area contributed by atoms with Gasteiger partial charge in [-0.3, -0.25) is 19.2 Å². The molecule has 15 N–H and O–H groups in total. The highest BCUT2D eigenvalue weighted by Crippen LogP contribution is 2.45. The largest absolute Gasteiger partial charge is 0.504 e. The fraction of sp³-hybridized carbons (Fsp3) is 0.426. The molecule has 71 heavy (non-hydrogen) atoms. The molecule has 3 aromatic carbocycles. The molecule has 0 saturated carbocycles. The number of nitrogens with one attached hydrogen (secondary N) is 4. The zero-order valence-corrected chi connectivity index (χ0v) is 40.8. The summed E-state index contributed by atoms with van der Waals surface area (Å²) in [7, 11) is -3.37. The molecule has 382 valence electrons. The number of carbonyl (C=O) groups is 5. The third-order valence-electron chi connectivity index (χ3n) is 12.4. The van der Waals surface area contributed by atoms with Crippen LogP contribution >= 0.6 is 0 Å². The Kier molecular flexibility index (Phi) is 16.5. The standard InChI is InChI=1S/C47H61N11O12S/c1-23-37(40(50)57-41(53-23)27-8-9-32-26(17-27)11-12-47(32,3)4)43(62)56-34(21-52-71(51,67)68)45(64)58(5)38-28-18-31(39(60)36(19-28)70-22-29(59)20-49)30-15-25(7-10-35(30)69-14-6-13-48)16-33(46(65)66)55-42(61)24(2)54-44(38)63/h7-10,15,17-19,24,29,33-34,38,52,59-60H,6,11-14,16,20-22,48-49H2,1-5H3,(H,54,63)(H,55,61)(H,56,62)(H,65,66)(H2,50,53,57)(H2,51,67,68)/t24-,29+,33-,34-,38-/m0/s1. The molecule has 0 radical (unpaired) electrons. The number of hydrogen-bond acceptors (Lipinski definition) is 16. The van der Waals surface area contributed by atoms with Crippen molar-refractivity contribution in [2.45, 2.75) is 89.1 Å². The van der Waals surface area contributed by atoms with Crippen molar-refractivity contribution < 1.29 is 57.2 Å². The first-order chi connectivity index (χ1) is 33.4. The highest BCUT2D eigenvalue weighted by molar-refractivity contribution is 7.87. The number of nitrogens with two attached hydrogens (primary N) is 4. The Labute approximate surface area is 410 Å². The number of aromatic hydroxyl groups is 1. The summed E-state index contributed by atoms with van der Waals surface area (Å²) in [5.74, 6) is -6.15. The Balaban J connectivity index is 1.46. The molecular weight excluding hydrogens is 943 g/mol. The van der Waals surface area contributed by atoms with Crippen LogP contribution in [0.5, 0.6) is 17.2 Å². The number of rotatable bonds is 17. The van der Waals surface area contributed by atoms with E-state index in [1.54, 1.807) is 6.07 Å². The average Bonchev–Trinajstić information content (AvgIpc) is 3.62. The quantitative estimate of drug-likeness (QED) is 0.0609. The number of aliphatic hydroxyl groups excluding tert-OH is 1. The summed E-state index contributed by atoms with van der Waals surface area (Å²) in [6.45, 7) is 5.93. The van der Waals surface area contributed by atoms with Gasteiger partial charge in [0, 0.05) is 43.2 Å². The summed E-state index contributed by atoms with van der Waals surface area (Å²) in [4.78, 5) is 79.7. The van der Waals surface area contributed by atoms with Gasteiger partial charge >= 0.3 is 5.97 Å². The molecule has 24 heteroatoms. The highest BCUT2D eigenvalue weighted by atomic mass is 32.2. The van der Waals surface area contributed by atoms with Crippen molar-refractivity contribution in [3.05, 3.63) is 82.0 Å². The van der Waals surface area contributed by atoms with Crippen molar-refractivity contribution in [3.8, 4) is 39.8 Å². The van der Waals surface area contributed by atoms with Gasteiger partial charge in [-0.15, -0.1) is 0 Å². The normalized spacial score (nSPS) is 18.5. The van der Waals surface area contributed by atoms with Gasteiger partial charge in [-0.1, -0.05) is 32.0 Å². The van der Waals surface area contributed by atoms with E-state index in [1.165, 1.54) is 43.7 Å². The number of aliphatic carboxylic acids is 1. The Morgan fingerprint density at radius 1 is 1.00 bits per heavy atom. The number of aliphatic hydroxyl groups is 1. The van der Waals surface area contributed by atoms with Crippen molar-refractivity contribution in [2.24, 2.45) is 16.6 Å². The number of phenols is 1. The van der Waals surface area contributed by atoms with Crippen LogP contribution < -0.4 is 52.5 Å². The first kappa shape index (κ1) is 53.4. The number of carboxylic acid groups (broad SMARTS) is 1. The SMILES string of the molecule is Cc1nc(-c2ccc3c(c2)CCC3(C)C)nc(N)c1C(=O)N[C@@H](CNS(N)(=O)=O)C(=O)N(C)[C@@H]1C(=O)N[C@@H](C)C(=O)N[C@H](C(=O)O)Cc2ccc(OCCCN)c(c2)-c2cc1cc(OC[C@H](O)CN)c2O. The number of nitrogen functional groups attached to an aromatic ring is 1. The fourth-order valence-corrected chi connectivity index (χ4v) is 8.89.